The first-order chi connectivity index (χ1) is 8.99. The summed E-state index contributed by atoms with van der Waals surface area (Å²) in [6.45, 7) is 8.58. The van der Waals surface area contributed by atoms with Crippen molar-refractivity contribution in [3.8, 4) is 0 Å². The van der Waals surface area contributed by atoms with E-state index in [9.17, 15) is 9.59 Å². The Hall–Kier alpha value is -1.10. The molecule has 19 heavy (non-hydrogen) atoms. The van der Waals surface area contributed by atoms with Crippen molar-refractivity contribution in [3.63, 3.8) is 0 Å². The molecule has 2 amide bonds. The van der Waals surface area contributed by atoms with Crippen LogP contribution in [0.3, 0.4) is 0 Å². The van der Waals surface area contributed by atoms with E-state index in [4.69, 9.17) is 0 Å². The van der Waals surface area contributed by atoms with Crippen LogP contribution in [0.1, 0.15) is 20.3 Å². The molecule has 108 valence electrons. The number of nitrogens with zero attached hydrogens (tertiary/aromatic N) is 3. The maximum absolute atomic E-state index is 12.2. The molecule has 1 unspecified atom stereocenters. The van der Waals surface area contributed by atoms with Gasteiger partial charge in [-0.15, -0.1) is 0 Å². The van der Waals surface area contributed by atoms with Crippen LogP contribution < -0.4 is 0 Å². The number of likely N-dealkylation sites (N-methyl/N-ethyl adjacent to an activating group) is 1. The molecule has 0 aromatic rings. The van der Waals surface area contributed by atoms with Crippen molar-refractivity contribution in [3.05, 3.63) is 0 Å². The Bertz CT molecular complexity index is 349. The average molecular weight is 267 g/mol. The van der Waals surface area contributed by atoms with E-state index in [-0.39, 0.29) is 24.3 Å². The molecular weight excluding hydrogens is 242 g/mol. The molecule has 0 aromatic heterocycles. The van der Waals surface area contributed by atoms with Crippen LogP contribution in [0.4, 0.5) is 0 Å². The third kappa shape index (κ3) is 3.26. The van der Waals surface area contributed by atoms with Gasteiger partial charge in [0.05, 0.1) is 6.54 Å². The molecule has 2 aliphatic rings. The van der Waals surface area contributed by atoms with Gasteiger partial charge in [0, 0.05) is 38.6 Å². The predicted molar refractivity (Wildman–Crippen MR) is 73.6 cm³/mol. The lowest BCUT2D eigenvalue weighted by Crippen LogP contribution is -2.50. The molecule has 2 rings (SSSR count). The van der Waals surface area contributed by atoms with Crippen molar-refractivity contribution in [2.45, 2.75) is 20.3 Å². The van der Waals surface area contributed by atoms with Crippen LogP contribution >= 0.6 is 0 Å². The van der Waals surface area contributed by atoms with Crippen LogP contribution in [0, 0.1) is 11.8 Å². The Morgan fingerprint density at radius 3 is 2.37 bits per heavy atom. The highest BCUT2D eigenvalue weighted by atomic mass is 16.2. The molecule has 0 radical (unpaired) electrons. The van der Waals surface area contributed by atoms with E-state index in [0.717, 1.165) is 39.1 Å². The number of piperazine rings is 1. The van der Waals surface area contributed by atoms with Crippen molar-refractivity contribution in [2.24, 2.45) is 11.8 Å². The standard InChI is InChI=1S/C14H25N3O2/c1-11(2)12-4-5-17(14(12)19)10-13(18)16-8-6-15(3)7-9-16/h11-12H,4-10H2,1-3H3. The van der Waals surface area contributed by atoms with Crippen molar-refractivity contribution in [1.82, 2.24) is 14.7 Å². The molecule has 2 saturated heterocycles. The largest absolute Gasteiger partial charge is 0.339 e. The monoisotopic (exact) mass is 267 g/mol. The molecule has 5 nitrogen and oxygen atoms in total. The number of rotatable bonds is 3. The molecule has 1 atom stereocenters. The highest BCUT2D eigenvalue weighted by molar-refractivity contribution is 5.87. The van der Waals surface area contributed by atoms with Crippen LogP contribution in [0.15, 0.2) is 0 Å². The van der Waals surface area contributed by atoms with Gasteiger partial charge >= 0.3 is 0 Å². The van der Waals surface area contributed by atoms with E-state index < -0.39 is 0 Å². The number of carbonyl (C=O) groups excluding carboxylic acids is 2. The minimum Gasteiger partial charge on any atom is -0.339 e. The van der Waals surface area contributed by atoms with Gasteiger partial charge in [-0.25, -0.2) is 0 Å². The molecule has 5 heteroatoms. The molecule has 2 fully saturated rings. The van der Waals surface area contributed by atoms with Gasteiger partial charge < -0.3 is 14.7 Å². The third-order valence-corrected chi connectivity index (χ3v) is 4.33. The summed E-state index contributed by atoms with van der Waals surface area (Å²) in [4.78, 5) is 30.2. The van der Waals surface area contributed by atoms with Crippen molar-refractivity contribution in [1.29, 1.82) is 0 Å². The van der Waals surface area contributed by atoms with Crippen LogP contribution in [0.5, 0.6) is 0 Å². The van der Waals surface area contributed by atoms with E-state index in [0.29, 0.717) is 5.92 Å². The van der Waals surface area contributed by atoms with Crippen LogP contribution in [-0.4, -0.2) is 72.8 Å². The second-order valence-corrected chi connectivity index (χ2v) is 6.08. The van der Waals surface area contributed by atoms with Gasteiger partial charge in [-0.3, -0.25) is 9.59 Å². The summed E-state index contributed by atoms with van der Waals surface area (Å²) >= 11 is 0. The number of carbonyl (C=O) groups is 2. The summed E-state index contributed by atoms with van der Waals surface area (Å²) in [6, 6.07) is 0. The Kier molecular flexibility index (Phi) is 4.45. The average Bonchev–Trinajstić information content (AvgIpc) is 2.72. The summed E-state index contributed by atoms with van der Waals surface area (Å²) in [5.74, 6) is 0.750. The first-order valence-corrected chi connectivity index (χ1v) is 7.24. The molecule has 2 aliphatic heterocycles. The smallest absolute Gasteiger partial charge is 0.242 e. The SMILES string of the molecule is CC(C)C1CCN(CC(=O)N2CCN(C)CC2)C1=O. The Morgan fingerprint density at radius 2 is 1.84 bits per heavy atom. The molecule has 0 spiro atoms. The summed E-state index contributed by atoms with van der Waals surface area (Å²) in [7, 11) is 2.07. The van der Waals surface area contributed by atoms with E-state index in [1.807, 2.05) is 4.90 Å². The Balaban J connectivity index is 1.85. The van der Waals surface area contributed by atoms with E-state index >= 15 is 0 Å². The van der Waals surface area contributed by atoms with E-state index in [1.165, 1.54) is 0 Å². The maximum atomic E-state index is 12.2. The Labute approximate surface area is 115 Å². The van der Waals surface area contributed by atoms with Gasteiger partial charge in [-0.05, 0) is 19.4 Å². The quantitative estimate of drug-likeness (QED) is 0.737. The molecule has 0 aromatic carbocycles. The lowest BCUT2D eigenvalue weighted by atomic mass is 9.95. The molecule has 2 heterocycles. The molecule has 0 N–H and O–H groups in total. The number of hydrogen-bond donors (Lipinski definition) is 0. The van der Waals surface area contributed by atoms with Crippen LogP contribution in [0.2, 0.25) is 0 Å². The summed E-state index contributed by atoms with van der Waals surface area (Å²) < 4.78 is 0. The molecule has 0 saturated carbocycles. The first kappa shape index (κ1) is 14.3. The molecular formula is C14H25N3O2. The zero-order valence-electron chi connectivity index (χ0n) is 12.3. The second-order valence-electron chi connectivity index (χ2n) is 6.08. The van der Waals surface area contributed by atoms with Gasteiger partial charge in [0.2, 0.25) is 11.8 Å². The number of amides is 2. The van der Waals surface area contributed by atoms with Crippen LogP contribution in [0.25, 0.3) is 0 Å². The van der Waals surface area contributed by atoms with E-state index in [2.05, 4.69) is 25.8 Å². The Morgan fingerprint density at radius 1 is 1.21 bits per heavy atom. The van der Waals surface area contributed by atoms with Gasteiger partial charge in [0.1, 0.15) is 0 Å². The minimum absolute atomic E-state index is 0.103. The number of likely N-dealkylation sites (tertiary alicyclic amines) is 1. The van der Waals surface area contributed by atoms with Crippen LogP contribution in [-0.2, 0) is 9.59 Å². The van der Waals surface area contributed by atoms with Gasteiger partial charge in [-0.2, -0.15) is 0 Å². The maximum Gasteiger partial charge on any atom is 0.242 e. The fourth-order valence-corrected chi connectivity index (χ4v) is 2.86. The van der Waals surface area contributed by atoms with Gasteiger partial charge in [0.15, 0.2) is 0 Å². The van der Waals surface area contributed by atoms with Crippen molar-refractivity contribution in [2.75, 3.05) is 46.3 Å². The molecule has 0 bridgehead atoms. The summed E-state index contributed by atoms with van der Waals surface area (Å²) in [6.07, 6.45) is 0.895. The fourth-order valence-electron chi connectivity index (χ4n) is 2.86. The number of hydrogen-bond acceptors (Lipinski definition) is 3. The zero-order chi connectivity index (χ0) is 14.0. The van der Waals surface area contributed by atoms with E-state index in [1.54, 1.807) is 4.90 Å². The highest BCUT2D eigenvalue weighted by Crippen LogP contribution is 2.25. The lowest BCUT2D eigenvalue weighted by molar-refractivity contribution is -0.141. The van der Waals surface area contributed by atoms with Gasteiger partial charge in [-0.1, -0.05) is 13.8 Å². The van der Waals surface area contributed by atoms with Crippen molar-refractivity contribution < 1.29 is 9.59 Å². The third-order valence-electron chi connectivity index (χ3n) is 4.33. The van der Waals surface area contributed by atoms with Crippen molar-refractivity contribution >= 4 is 11.8 Å². The molecule has 0 aliphatic carbocycles. The summed E-state index contributed by atoms with van der Waals surface area (Å²) in [5, 5.41) is 0. The van der Waals surface area contributed by atoms with Gasteiger partial charge in [0.25, 0.3) is 0 Å². The second kappa shape index (κ2) is 5.90. The topological polar surface area (TPSA) is 43.9 Å². The predicted octanol–water partition coefficient (Wildman–Crippen LogP) is 0.265. The highest BCUT2D eigenvalue weighted by Gasteiger charge is 2.35. The fraction of sp³-hybridized carbons (Fsp3) is 0.857. The normalized spacial score (nSPS) is 25.5. The zero-order valence-corrected chi connectivity index (χ0v) is 12.3. The minimum atomic E-state index is 0.103. The summed E-state index contributed by atoms with van der Waals surface area (Å²) in [5.41, 5.74) is 0. The first-order valence-electron chi connectivity index (χ1n) is 7.24. The lowest BCUT2D eigenvalue weighted by Gasteiger charge is -2.33.